The smallest absolute Gasteiger partial charge is 0.325 e. The number of halogens is 1. The number of urea groups is 1. The molecule has 11 heteroatoms. The molecule has 0 aliphatic carbocycles. The van der Waals surface area contributed by atoms with E-state index in [1.807, 2.05) is 0 Å². The number of nitrogens with one attached hydrogen (secondary N) is 1. The van der Waals surface area contributed by atoms with E-state index >= 15 is 0 Å². The minimum Gasteiger partial charge on any atom is -0.384 e. The molecule has 4 amide bonds. The molecule has 176 valence electrons. The van der Waals surface area contributed by atoms with Crippen molar-refractivity contribution in [2.75, 3.05) is 17.7 Å². The highest BCUT2D eigenvalue weighted by molar-refractivity contribution is 6.30. The van der Waals surface area contributed by atoms with Crippen LogP contribution in [0.2, 0.25) is 5.02 Å². The van der Waals surface area contributed by atoms with E-state index in [0.29, 0.717) is 16.7 Å². The Morgan fingerprint density at radius 2 is 2.00 bits per heavy atom. The molecule has 4 rings (SSSR count). The van der Waals surface area contributed by atoms with Gasteiger partial charge in [0, 0.05) is 38.1 Å². The molecular formula is C23H24ClN7O3. The number of imide groups is 1. The Morgan fingerprint density at radius 3 is 2.68 bits per heavy atom. The van der Waals surface area contributed by atoms with Gasteiger partial charge in [-0.1, -0.05) is 23.7 Å². The van der Waals surface area contributed by atoms with E-state index in [1.165, 1.54) is 4.90 Å². The third-order valence-electron chi connectivity index (χ3n) is 5.69. The number of hydrogen-bond acceptors (Lipinski definition) is 6. The normalized spacial score (nSPS) is 17.3. The van der Waals surface area contributed by atoms with Gasteiger partial charge in [0.25, 0.3) is 5.91 Å². The van der Waals surface area contributed by atoms with Crippen molar-refractivity contribution in [2.45, 2.75) is 19.0 Å². The Hall–Kier alpha value is -3.92. The number of β-lactam (4-membered cyclic amide) rings is 1. The molecule has 10 nitrogen and oxygen atoms in total. The van der Waals surface area contributed by atoms with E-state index in [0.717, 1.165) is 16.0 Å². The summed E-state index contributed by atoms with van der Waals surface area (Å²) in [5.41, 5.74) is 7.29. The summed E-state index contributed by atoms with van der Waals surface area (Å²) in [4.78, 5) is 49.9. The number of hydrogen-bond donors (Lipinski definition) is 2. The number of aromatic nitrogens is 3. The highest BCUT2D eigenvalue weighted by Crippen LogP contribution is 2.32. The molecule has 0 spiro atoms. The van der Waals surface area contributed by atoms with Crippen LogP contribution in [-0.4, -0.2) is 50.4 Å². The standard InChI is InChI=1S/C23H24ClN7O3/c1-29-12-19(28-13-29)30(2)22(33)20-17(9-14-6-7-26-18(25)10-14)21(32)31(20)23(34)27-11-15-4-3-5-16(24)8-15/h3-8,10,12-13,17,20H,9,11H2,1-2H3,(H2,25,26)(H,27,34)/t17-,20+/m1/s1. The summed E-state index contributed by atoms with van der Waals surface area (Å²) >= 11 is 6.00. The van der Waals surface area contributed by atoms with Gasteiger partial charge in [0.05, 0.1) is 12.2 Å². The van der Waals surface area contributed by atoms with Gasteiger partial charge in [-0.25, -0.2) is 14.8 Å². The van der Waals surface area contributed by atoms with Crippen molar-refractivity contribution in [2.24, 2.45) is 13.0 Å². The third kappa shape index (κ3) is 4.72. The average Bonchev–Trinajstić information content (AvgIpc) is 3.24. The van der Waals surface area contributed by atoms with Crippen molar-refractivity contribution in [3.63, 3.8) is 0 Å². The van der Waals surface area contributed by atoms with Crippen LogP contribution in [0.4, 0.5) is 16.4 Å². The summed E-state index contributed by atoms with van der Waals surface area (Å²) in [5, 5.41) is 3.24. The minimum absolute atomic E-state index is 0.158. The molecule has 1 aliphatic heterocycles. The molecule has 3 N–H and O–H groups in total. The summed E-state index contributed by atoms with van der Waals surface area (Å²) in [6.07, 6.45) is 5.04. The van der Waals surface area contributed by atoms with Crippen molar-refractivity contribution in [1.82, 2.24) is 24.8 Å². The molecule has 1 aliphatic rings. The van der Waals surface area contributed by atoms with E-state index in [9.17, 15) is 14.4 Å². The van der Waals surface area contributed by atoms with E-state index in [1.54, 1.807) is 73.8 Å². The van der Waals surface area contributed by atoms with E-state index in [2.05, 4.69) is 15.3 Å². The lowest BCUT2D eigenvalue weighted by atomic mass is 9.81. The van der Waals surface area contributed by atoms with Crippen LogP contribution in [0, 0.1) is 5.92 Å². The number of imidazole rings is 1. The summed E-state index contributed by atoms with van der Waals surface area (Å²) in [6, 6.07) is 8.76. The van der Waals surface area contributed by atoms with Gasteiger partial charge in [0.15, 0.2) is 5.82 Å². The molecule has 1 aromatic carbocycles. The number of pyridine rings is 1. The molecule has 3 heterocycles. The maximum Gasteiger partial charge on any atom is 0.325 e. The first-order valence-corrected chi connectivity index (χ1v) is 10.9. The van der Waals surface area contributed by atoms with Gasteiger partial charge in [-0.05, 0) is 41.8 Å². The lowest BCUT2D eigenvalue weighted by Gasteiger charge is -2.45. The first-order chi connectivity index (χ1) is 16.2. The van der Waals surface area contributed by atoms with Crippen molar-refractivity contribution < 1.29 is 14.4 Å². The fourth-order valence-electron chi connectivity index (χ4n) is 3.93. The number of nitrogen functional groups attached to an aromatic ring is 1. The summed E-state index contributed by atoms with van der Waals surface area (Å²) in [7, 11) is 3.35. The zero-order chi connectivity index (χ0) is 24.4. The fourth-order valence-corrected chi connectivity index (χ4v) is 4.14. The van der Waals surface area contributed by atoms with Gasteiger partial charge in [0.1, 0.15) is 11.9 Å². The Morgan fingerprint density at radius 1 is 1.21 bits per heavy atom. The van der Waals surface area contributed by atoms with Crippen molar-refractivity contribution >= 4 is 41.1 Å². The van der Waals surface area contributed by atoms with Crippen LogP contribution in [0.3, 0.4) is 0 Å². The Labute approximate surface area is 201 Å². The number of nitrogens with two attached hydrogens (primary N) is 1. The Kier molecular flexibility index (Phi) is 6.51. The molecule has 3 aromatic rings. The second kappa shape index (κ2) is 9.52. The predicted octanol–water partition coefficient (Wildman–Crippen LogP) is 1.99. The van der Waals surface area contributed by atoms with Crippen LogP contribution in [-0.2, 0) is 29.6 Å². The highest BCUT2D eigenvalue weighted by Gasteiger charge is 2.55. The topological polar surface area (TPSA) is 126 Å². The maximum absolute atomic E-state index is 13.4. The number of nitrogens with zero attached hydrogens (tertiary/aromatic N) is 5. The number of rotatable bonds is 6. The van der Waals surface area contributed by atoms with E-state index in [-0.39, 0.29) is 13.0 Å². The number of likely N-dealkylation sites (tertiary alicyclic amines) is 1. The van der Waals surface area contributed by atoms with Gasteiger partial charge in [-0.2, -0.15) is 0 Å². The van der Waals surface area contributed by atoms with E-state index < -0.39 is 29.8 Å². The highest BCUT2D eigenvalue weighted by atomic mass is 35.5. The summed E-state index contributed by atoms with van der Waals surface area (Å²) < 4.78 is 1.71. The predicted molar refractivity (Wildman–Crippen MR) is 127 cm³/mol. The van der Waals surface area contributed by atoms with Crippen LogP contribution in [0.1, 0.15) is 11.1 Å². The van der Waals surface area contributed by atoms with Gasteiger partial charge >= 0.3 is 6.03 Å². The first kappa shape index (κ1) is 23.2. The van der Waals surface area contributed by atoms with Crippen molar-refractivity contribution in [3.8, 4) is 0 Å². The van der Waals surface area contributed by atoms with E-state index in [4.69, 9.17) is 17.3 Å². The zero-order valence-electron chi connectivity index (χ0n) is 18.7. The molecule has 1 saturated heterocycles. The molecule has 0 saturated carbocycles. The number of amides is 4. The van der Waals surface area contributed by atoms with Crippen LogP contribution in [0.15, 0.2) is 55.1 Å². The number of aryl methyl sites for hydroxylation is 1. The second-order valence-corrected chi connectivity index (χ2v) is 8.57. The number of carbonyl (C=O) groups excluding carboxylic acids is 3. The fraction of sp³-hybridized carbons (Fsp3) is 0.261. The maximum atomic E-state index is 13.4. The molecule has 0 radical (unpaired) electrons. The zero-order valence-corrected chi connectivity index (χ0v) is 19.4. The van der Waals surface area contributed by atoms with Crippen LogP contribution in [0.25, 0.3) is 0 Å². The number of anilines is 2. The summed E-state index contributed by atoms with van der Waals surface area (Å²) in [6.45, 7) is 0.158. The van der Waals surface area contributed by atoms with Gasteiger partial charge < -0.3 is 15.6 Å². The van der Waals surface area contributed by atoms with Crippen LogP contribution < -0.4 is 16.0 Å². The SMILES string of the molecule is CN(C(=O)[C@@H]1[C@@H](Cc2ccnc(N)c2)C(=O)N1C(=O)NCc1cccc(Cl)c1)c1cn(C)cn1. The van der Waals surface area contributed by atoms with Crippen molar-refractivity contribution in [3.05, 3.63) is 71.3 Å². The number of likely N-dealkylation sites (N-methyl/N-ethyl adjacent to an activating group) is 1. The first-order valence-electron chi connectivity index (χ1n) is 10.6. The largest absolute Gasteiger partial charge is 0.384 e. The van der Waals surface area contributed by atoms with Gasteiger partial charge in [0.2, 0.25) is 5.91 Å². The lowest BCUT2D eigenvalue weighted by Crippen LogP contribution is -2.70. The monoisotopic (exact) mass is 481 g/mol. The number of benzene rings is 1. The average molecular weight is 482 g/mol. The lowest BCUT2D eigenvalue weighted by molar-refractivity contribution is -0.156. The van der Waals surface area contributed by atoms with Gasteiger partial charge in [-0.15, -0.1) is 0 Å². The number of carbonyl (C=O) groups is 3. The molecule has 2 atom stereocenters. The summed E-state index contributed by atoms with van der Waals surface area (Å²) in [5.74, 6) is -0.848. The van der Waals surface area contributed by atoms with Crippen LogP contribution >= 0.6 is 11.6 Å². The quantitative estimate of drug-likeness (QED) is 0.518. The second-order valence-electron chi connectivity index (χ2n) is 8.14. The molecule has 0 unspecified atom stereocenters. The molecule has 2 aromatic heterocycles. The molecule has 1 fully saturated rings. The third-order valence-corrected chi connectivity index (χ3v) is 5.92. The Balaban J connectivity index is 1.55. The molecule has 0 bridgehead atoms. The van der Waals surface area contributed by atoms with Crippen LogP contribution in [0.5, 0.6) is 0 Å². The molecule has 34 heavy (non-hydrogen) atoms. The minimum atomic E-state index is -0.992. The Bertz CT molecular complexity index is 1240. The van der Waals surface area contributed by atoms with Gasteiger partial charge in [-0.3, -0.25) is 19.4 Å². The molecular weight excluding hydrogens is 458 g/mol. The van der Waals surface area contributed by atoms with Crippen molar-refractivity contribution in [1.29, 1.82) is 0 Å².